The zero-order chi connectivity index (χ0) is 12.0. The van der Waals surface area contributed by atoms with Crippen molar-refractivity contribution in [2.75, 3.05) is 20.2 Å². The molecule has 0 spiro atoms. The molecular weight excluding hydrogens is 204 g/mol. The van der Waals surface area contributed by atoms with E-state index in [4.69, 9.17) is 0 Å². The van der Waals surface area contributed by atoms with Crippen molar-refractivity contribution in [1.82, 2.24) is 10.6 Å². The Labute approximate surface area is 97.8 Å². The van der Waals surface area contributed by atoms with Gasteiger partial charge in [-0.05, 0) is 19.9 Å². The van der Waals surface area contributed by atoms with Crippen molar-refractivity contribution in [3.8, 4) is 0 Å². The molecule has 16 heavy (non-hydrogen) atoms. The van der Waals surface area contributed by atoms with Crippen molar-refractivity contribution in [3.05, 3.63) is 0 Å². The highest BCUT2D eigenvalue weighted by molar-refractivity contribution is 5.79. The zero-order valence-corrected chi connectivity index (χ0v) is 10.4. The van der Waals surface area contributed by atoms with Gasteiger partial charge in [-0.25, -0.2) is 0 Å². The van der Waals surface area contributed by atoms with Crippen LogP contribution in [0.25, 0.3) is 0 Å². The van der Waals surface area contributed by atoms with E-state index in [-0.39, 0.29) is 24.0 Å². The van der Waals surface area contributed by atoms with Crippen molar-refractivity contribution < 1.29 is 9.90 Å². The highest BCUT2D eigenvalue weighted by Gasteiger charge is 2.33. The number of nitrogens with one attached hydrogen (secondary N) is 2. The van der Waals surface area contributed by atoms with Crippen LogP contribution in [0.4, 0.5) is 0 Å². The SMILES string of the molecule is CNCC(C)C(=O)NC1(CO)CCCCC1. The van der Waals surface area contributed by atoms with Crippen LogP contribution in [0.5, 0.6) is 0 Å². The summed E-state index contributed by atoms with van der Waals surface area (Å²) in [5, 5.41) is 15.5. The minimum absolute atomic E-state index is 0.0460. The monoisotopic (exact) mass is 228 g/mol. The third kappa shape index (κ3) is 3.46. The van der Waals surface area contributed by atoms with E-state index in [1.165, 1.54) is 6.42 Å². The van der Waals surface area contributed by atoms with Gasteiger partial charge in [0.1, 0.15) is 0 Å². The molecule has 0 saturated heterocycles. The Kier molecular flexibility index (Phi) is 5.22. The first-order valence-electron chi connectivity index (χ1n) is 6.21. The fourth-order valence-corrected chi connectivity index (χ4v) is 2.33. The molecule has 1 aliphatic rings. The first-order chi connectivity index (χ1) is 7.63. The summed E-state index contributed by atoms with van der Waals surface area (Å²) in [4.78, 5) is 11.9. The van der Waals surface area contributed by atoms with Gasteiger partial charge in [-0.15, -0.1) is 0 Å². The van der Waals surface area contributed by atoms with E-state index in [2.05, 4.69) is 10.6 Å². The van der Waals surface area contributed by atoms with Gasteiger partial charge in [0, 0.05) is 12.5 Å². The summed E-state index contributed by atoms with van der Waals surface area (Å²) in [5.41, 5.74) is -0.350. The standard InChI is InChI=1S/C12H24N2O2/c1-10(8-13-2)11(16)14-12(9-15)6-4-3-5-7-12/h10,13,15H,3-9H2,1-2H3,(H,14,16). The van der Waals surface area contributed by atoms with Gasteiger partial charge in [0.15, 0.2) is 0 Å². The second-order valence-corrected chi connectivity index (χ2v) is 4.95. The number of rotatable bonds is 5. The number of carbonyl (C=O) groups is 1. The predicted octanol–water partition coefficient (Wildman–Crippen LogP) is 0.653. The predicted molar refractivity (Wildman–Crippen MR) is 64.1 cm³/mol. The van der Waals surface area contributed by atoms with Crippen LogP contribution in [0.2, 0.25) is 0 Å². The molecule has 1 amide bonds. The van der Waals surface area contributed by atoms with E-state index in [0.717, 1.165) is 25.7 Å². The van der Waals surface area contributed by atoms with Gasteiger partial charge in [0.05, 0.1) is 12.1 Å². The Hall–Kier alpha value is -0.610. The molecule has 1 atom stereocenters. The first kappa shape index (κ1) is 13.5. The molecule has 0 aliphatic heterocycles. The zero-order valence-electron chi connectivity index (χ0n) is 10.4. The molecule has 0 bridgehead atoms. The van der Waals surface area contributed by atoms with Crippen LogP contribution in [0.15, 0.2) is 0 Å². The molecule has 1 saturated carbocycles. The summed E-state index contributed by atoms with van der Waals surface area (Å²) in [7, 11) is 1.84. The van der Waals surface area contributed by atoms with E-state index in [1.54, 1.807) is 0 Å². The Morgan fingerprint density at radius 2 is 2.00 bits per heavy atom. The minimum atomic E-state index is -0.350. The largest absolute Gasteiger partial charge is 0.394 e. The fraction of sp³-hybridized carbons (Fsp3) is 0.917. The Bertz CT molecular complexity index is 225. The molecule has 1 unspecified atom stereocenters. The molecule has 4 heteroatoms. The number of hydrogen-bond donors (Lipinski definition) is 3. The summed E-state index contributed by atoms with van der Waals surface area (Å²) in [6, 6.07) is 0. The van der Waals surface area contributed by atoms with E-state index < -0.39 is 0 Å². The Balaban J connectivity index is 2.51. The van der Waals surface area contributed by atoms with Crippen LogP contribution in [0.1, 0.15) is 39.0 Å². The molecular formula is C12H24N2O2. The van der Waals surface area contributed by atoms with Crippen LogP contribution >= 0.6 is 0 Å². The number of hydrogen-bond acceptors (Lipinski definition) is 3. The number of amides is 1. The molecule has 0 heterocycles. The van der Waals surface area contributed by atoms with Gasteiger partial charge < -0.3 is 15.7 Å². The molecule has 0 aromatic carbocycles. The highest BCUT2D eigenvalue weighted by atomic mass is 16.3. The maximum absolute atomic E-state index is 11.9. The topological polar surface area (TPSA) is 61.4 Å². The normalized spacial score (nSPS) is 21.4. The first-order valence-corrected chi connectivity index (χ1v) is 6.21. The Morgan fingerprint density at radius 3 is 2.50 bits per heavy atom. The molecule has 4 nitrogen and oxygen atoms in total. The fourth-order valence-electron chi connectivity index (χ4n) is 2.33. The van der Waals surface area contributed by atoms with Crippen LogP contribution in [0, 0.1) is 5.92 Å². The number of carbonyl (C=O) groups excluding carboxylic acids is 1. The van der Waals surface area contributed by atoms with Gasteiger partial charge >= 0.3 is 0 Å². The van der Waals surface area contributed by atoms with Crippen molar-refractivity contribution in [2.24, 2.45) is 5.92 Å². The molecule has 1 rings (SSSR count). The van der Waals surface area contributed by atoms with E-state index in [0.29, 0.717) is 6.54 Å². The summed E-state index contributed by atoms with van der Waals surface area (Å²) in [6.45, 7) is 2.64. The summed E-state index contributed by atoms with van der Waals surface area (Å²) in [6.07, 6.45) is 5.22. The third-order valence-electron chi connectivity index (χ3n) is 3.46. The van der Waals surface area contributed by atoms with Crippen LogP contribution in [-0.4, -0.2) is 36.8 Å². The average molecular weight is 228 g/mol. The van der Waals surface area contributed by atoms with E-state index >= 15 is 0 Å². The number of aliphatic hydroxyl groups is 1. The molecule has 0 aromatic heterocycles. The van der Waals surface area contributed by atoms with Gasteiger partial charge in [-0.2, -0.15) is 0 Å². The van der Waals surface area contributed by atoms with E-state index in [9.17, 15) is 9.90 Å². The minimum Gasteiger partial charge on any atom is -0.394 e. The molecule has 1 fully saturated rings. The lowest BCUT2D eigenvalue weighted by Gasteiger charge is -2.37. The summed E-state index contributed by atoms with van der Waals surface area (Å²) < 4.78 is 0. The average Bonchev–Trinajstić information content (AvgIpc) is 2.30. The number of aliphatic hydroxyl groups excluding tert-OH is 1. The lowest BCUT2D eigenvalue weighted by Crippen LogP contribution is -2.54. The van der Waals surface area contributed by atoms with Gasteiger partial charge in [-0.1, -0.05) is 26.2 Å². The second kappa shape index (κ2) is 6.21. The molecule has 0 aromatic rings. The van der Waals surface area contributed by atoms with Crippen molar-refractivity contribution in [2.45, 2.75) is 44.6 Å². The lowest BCUT2D eigenvalue weighted by molar-refractivity contribution is -0.127. The van der Waals surface area contributed by atoms with Gasteiger partial charge in [0.2, 0.25) is 5.91 Å². The maximum atomic E-state index is 11.9. The molecule has 3 N–H and O–H groups in total. The van der Waals surface area contributed by atoms with Crippen LogP contribution in [0.3, 0.4) is 0 Å². The molecule has 0 radical (unpaired) electrons. The molecule has 1 aliphatic carbocycles. The van der Waals surface area contributed by atoms with Crippen molar-refractivity contribution in [1.29, 1.82) is 0 Å². The smallest absolute Gasteiger partial charge is 0.224 e. The van der Waals surface area contributed by atoms with Crippen molar-refractivity contribution in [3.63, 3.8) is 0 Å². The Morgan fingerprint density at radius 1 is 1.38 bits per heavy atom. The highest BCUT2D eigenvalue weighted by Crippen LogP contribution is 2.27. The van der Waals surface area contributed by atoms with E-state index in [1.807, 2.05) is 14.0 Å². The van der Waals surface area contributed by atoms with Gasteiger partial charge in [-0.3, -0.25) is 4.79 Å². The van der Waals surface area contributed by atoms with Gasteiger partial charge in [0.25, 0.3) is 0 Å². The third-order valence-corrected chi connectivity index (χ3v) is 3.46. The maximum Gasteiger partial charge on any atom is 0.224 e. The van der Waals surface area contributed by atoms with Crippen molar-refractivity contribution >= 4 is 5.91 Å². The van der Waals surface area contributed by atoms with Crippen LogP contribution < -0.4 is 10.6 Å². The second-order valence-electron chi connectivity index (χ2n) is 4.95. The quantitative estimate of drug-likeness (QED) is 0.647. The lowest BCUT2D eigenvalue weighted by atomic mass is 9.82. The summed E-state index contributed by atoms with van der Waals surface area (Å²) in [5.74, 6) is 0.000603. The summed E-state index contributed by atoms with van der Waals surface area (Å²) >= 11 is 0. The molecule has 94 valence electrons. The van der Waals surface area contributed by atoms with Crippen LogP contribution in [-0.2, 0) is 4.79 Å².